The van der Waals surface area contributed by atoms with E-state index in [9.17, 15) is 31.1 Å². The van der Waals surface area contributed by atoms with E-state index in [1.54, 1.807) is 0 Å². The summed E-state index contributed by atoms with van der Waals surface area (Å²) in [6.45, 7) is 0.986. The number of carbonyl (C=O) groups excluding carboxylic acids is 1. The molecule has 1 aromatic rings. The van der Waals surface area contributed by atoms with Crippen LogP contribution >= 0.6 is 15.9 Å². The van der Waals surface area contributed by atoms with Crippen molar-refractivity contribution < 1.29 is 31.1 Å². The normalized spacial score (nSPS) is 14.3. The molecule has 0 heterocycles. The van der Waals surface area contributed by atoms with Gasteiger partial charge in [0.05, 0.1) is 16.0 Å². The van der Waals surface area contributed by atoms with Crippen LogP contribution in [0.3, 0.4) is 0 Å². The zero-order valence-electron chi connectivity index (χ0n) is 9.36. The second kappa shape index (κ2) is 5.15. The zero-order valence-corrected chi connectivity index (χ0v) is 10.9. The highest BCUT2D eigenvalue weighted by atomic mass is 79.9. The monoisotopic (exact) mass is 348 g/mol. The molecule has 0 saturated heterocycles. The molecule has 0 aliphatic carbocycles. The lowest BCUT2D eigenvalue weighted by atomic mass is 9.99. The summed E-state index contributed by atoms with van der Waals surface area (Å²) in [4.78, 5) is 9.65. The van der Waals surface area contributed by atoms with Crippen LogP contribution in [0.15, 0.2) is 18.2 Å². The van der Waals surface area contributed by atoms with Crippen LogP contribution in [0.5, 0.6) is 0 Å². The Kier molecular flexibility index (Phi) is 4.33. The number of rotatable bonds is 2. The van der Waals surface area contributed by atoms with Gasteiger partial charge in [-0.05, 0) is 30.7 Å². The third-order valence-corrected chi connectivity index (χ3v) is 3.45. The van der Waals surface area contributed by atoms with Gasteiger partial charge in [0, 0.05) is 0 Å². The average molecular weight is 349 g/mol. The molecule has 0 spiro atoms. The van der Waals surface area contributed by atoms with Gasteiger partial charge in [-0.15, -0.1) is 0 Å². The van der Waals surface area contributed by atoms with E-state index >= 15 is 0 Å². The maximum absolute atomic E-state index is 12.7. The van der Waals surface area contributed by atoms with Crippen LogP contribution in [0, 0.1) is 0 Å². The third kappa shape index (κ3) is 3.71. The van der Waals surface area contributed by atoms with Gasteiger partial charge >= 0.3 is 12.4 Å². The van der Waals surface area contributed by atoms with Crippen molar-refractivity contribution in [1.82, 2.24) is 0 Å². The molecular weight excluding hydrogens is 342 g/mol. The fourth-order valence-corrected chi connectivity index (χ4v) is 1.80. The molecule has 1 rings (SSSR count). The molecule has 1 aromatic carbocycles. The highest BCUT2D eigenvalue weighted by Crippen LogP contribution is 2.40. The van der Waals surface area contributed by atoms with Crippen molar-refractivity contribution >= 4 is 21.7 Å². The lowest BCUT2D eigenvalue weighted by Gasteiger charge is -2.17. The van der Waals surface area contributed by atoms with Crippen LogP contribution in [-0.2, 0) is 17.1 Å². The second-order valence-electron chi connectivity index (χ2n) is 3.77. The third-order valence-electron chi connectivity index (χ3n) is 2.31. The largest absolute Gasteiger partial charge is 0.416 e. The van der Waals surface area contributed by atoms with E-state index in [4.69, 9.17) is 0 Å². The Morgan fingerprint density at radius 1 is 1.11 bits per heavy atom. The summed E-state index contributed by atoms with van der Waals surface area (Å²) in [6.07, 6.45) is -9.61. The smallest absolute Gasteiger partial charge is 0.298 e. The van der Waals surface area contributed by atoms with Gasteiger partial charge in [-0.3, -0.25) is 4.79 Å². The Morgan fingerprint density at radius 2 is 1.63 bits per heavy atom. The maximum atomic E-state index is 12.7. The molecule has 0 saturated carbocycles. The molecule has 19 heavy (non-hydrogen) atoms. The number of ketones is 1. The SMILES string of the molecule is CC(=O)C(Br)c1cc(C(F)(F)F)ccc1C(F)(F)F. The van der Waals surface area contributed by atoms with Gasteiger partial charge in [0.2, 0.25) is 0 Å². The van der Waals surface area contributed by atoms with Crippen molar-refractivity contribution in [3.63, 3.8) is 0 Å². The maximum Gasteiger partial charge on any atom is 0.416 e. The lowest BCUT2D eigenvalue weighted by Crippen LogP contribution is -2.15. The van der Waals surface area contributed by atoms with Gasteiger partial charge < -0.3 is 0 Å². The second-order valence-corrected chi connectivity index (χ2v) is 4.69. The van der Waals surface area contributed by atoms with Crippen molar-refractivity contribution in [3.05, 3.63) is 34.9 Å². The first-order valence-electron chi connectivity index (χ1n) is 4.87. The van der Waals surface area contributed by atoms with Crippen LogP contribution in [0.1, 0.15) is 28.4 Å². The lowest BCUT2D eigenvalue weighted by molar-refractivity contribution is -0.142. The molecule has 0 aromatic heterocycles. The predicted molar refractivity (Wildman–Crippen MR) is 58.8 cm³/mol. The first-order valence-corrected chi connectivity index (χ1v) is 5.79. The minimum atomic E-state index is -4.83. The van der Waals surface area contributed by atoms with Crippen LogP contribution in [0.2, 0.25) is 0 Å². The molecule has 0 amide bonds. The number of carbonyl (C=O) groups is 1. The van der Waals surface area contributed by atoms with Gasteiger partial charge in [-0.2, -0.15) is 26.3 Å². The molecule has 0 aliphatic heterocycles. The summed E-state index contributed by atoms with van der Waals surface area (Å²) in [6, 6.07) is 1.01. The summed E-state index contributed by atoms with van der Waals surface area (Å²) in [5.41, 5.74) is -3.24. The predicted octanol–water partition coefficient (Wildman–Crippen LogP) is 4.75. The van der Waals surface area contributed by atoms with E-state index in [1.807, 2.05) is 0 Å². The van der Waals surface area contributed by atoms with E-state index in [0.717, 1.165) is 6.92 Å². The summed E-state index contributed by atoms with van der Waals surface area (Å²) in [5.74, 6) is -0.718. The molecule has 0 fully saturated rings. The molecule has 0 radical (unpaired) electrons. The van der Waals surface area contributed by atoms with Crippen molar-refractivity contribution in [2.24, 2.45) is 0 Å². The van der Waals surface area contributed by atoms with Gasteiger partial charge in [-0.25, -0.2) is 0 Å². The summed E-state index contributed by atoms with van der Waals surface area (Å²) in [5, 5.41) is 0. The molecule has 0 N–H and O–H groups in total. The first-order chi connectivity index (χ1) is 8.44. The van der Waals surface area contributed by atoms with Gasteiger partial charge in [0.15, 0.2) is 0 Å². The number of halogens is 7. The summed E-state index contributed by atoms with van der Waals surface area (Å²) in [7, 11) is 0. The highest BCUT2D eigenvalue weighted by Gasteiger charge is 2.38. The zero-order chi connectivity index (χ0) is 15.0. The molecule has 8 heteroatoms. The standard InChI is InChI=1S/C11H7BrF6O/c1-5(19)9(12)7-4-6(10(13,14)15)2-3-8(7)11(16,17)18/h2-4,9H,1H3. The summed E-state index contributed by atoms with van der Waals surface area (Å²) < 4.78 is 75.5. The van der Waals surface area contributed by atoms with E-state index < -0.39 is 39.7 Å². The molecule has 106 valence electrons. The highest BCUT2D eigenvalue weighted by molar-refractivity contribution is 9.09. The van der Waals surface area contributed by atoms with Gasteiger partial charge in [0.25, 0.3) is 0 Å². The van der Waals surface area contributed by atoms with Crippen LogP contribution in [0.4, 0.5) is 26.3 Å². The van der Waals surface area contributed by atoms with E-state index in [-0.39, 0.29) is 0 Å². The Morgan fingerprint density at radius 3 is 2.00 bits per heavy atom. The molecule has 0 bridgehead atoms. The molecule has 0 aliphatic rings. The van der Waals surface area contributed by atoms with E-state index in [2.05, 4.69) is 15.9 Å². The number of hydrogen-bond acceptors (Lipinski definition) is 1. The quantitative estimate of drug-likeness (QED) is 0.556. The minimum Gasteiger partial charge on any atom is -0.298 e. The molecular formula is C11H7BrF6O. The van der Waals surface area contributed by atoms with Crippen molar-refractivity contribution in [2.75, 3.05) is 0 Å². The Labute approximate surface area is 112 Å². The average Bonchev–Trinajstić information content (AvgIpc) is 2.24. The number of benzene rings is 1. The van der Waals surface area contributed by atoms with Crippen molar-refractivity contribution in [3.8, 4) is 0 Å². The summed E-state index contributed by atoms with van der Waals surface area (Å²) >= 11 is 2.68. The molecule has 1 atom stereocenters. The van der Waals surface area contributed by atoms with Gasteiger partial charge in [-0.1, -0.05) is 15.9 Å². The van der Waals surface area contributed by atoms with Crippen molar-refractivity contribution in [1.29, 1.82) is 0 Å². The molecule has 1 unspecified atom stereocenters. The van der Waals surface area contributed by atoms with E-state index in [1.165, 1.54) is 0 Å². The Bertz CT molecular complexity index is 491. The fraction of sp³-hybridized carbons (Fsp3) is 0.364. The van der Waals surface area contributed by atoms with Crippen LogP contribution in [-0.4, -0.2) is 5.78 Å². The molecule has 1 nitrogen and oxygen atoms in total. The van der Waals surface area contributed by atoms with E-state index in [0.29, 0.717) is 18.2 Å². The Hall–Kier alpha value is -1.05. The van der Waals surface area contributed by atoms with Gasteiger partial charge in [0.1, 0.15) is 5.78 Å². The fourth-order valence-electron chi connectivity index (χ4n) is 1.43. The van der Waals surface area contributed by atoms with Crippen molar-refractivity contribution in [2.45, 2.75) is 24.1 Å². The number of alkyl halides is 7. The first kappa shape index (κ1) is 16.0. The number of hydrogen-bond donors (Lipinski definition) is 0. The van der Waals surface area contributed by atoms with Crippen LogP contribution in [0.25, 0.3) is 0 Å². The Balaban J connectivity index is 3.48. The van der Waals surface area contributed by atoms with Crippen LogP contribution < -0.4 is 0 Å². The number of Topliss-reactive ketones (excluding diaryl/α,β-unsaturated/α-hetero) is 1. The minimum absolute atomic E-state index is 0.329. The topological polar surface area (TPSA) is 17.1 Å².